The van der Waals surface area contributed by atoms with Crippen LogP contribution in [0.15, 0.2) is 108 Å². The van der Waals surface area contributed by atoms with Crippen LogP contribution in [-0.4, -0.2) is 24.7 Å². The van der Waals surface area contributed by atoms with E-state index in [0.29, 0.717) is 24.5 Å². The second-order valence-electron chi connectivity index (χ2n) is 12.4. The third-order valence-corrected chi connectivity index (χ3v) is 7.41. The van der Waals surface area contributed by atoms with Gasteiger partial charge in [-0.1, -0.05) is 36.4 Å². The number of alkyl halides is 12. The summed E-state index contributed by atoms with van der Waals surface area (Å²) in [5, 5.41) is 14.3. The van der Waals surface area contributed by atoms with Gasteiger partial charge in [0.25, 0.3) is 0 Å². The topological polar surface area (TPSA) is 56.4 Å². The zero-order valence-corrected chi connectivity index (χ0v) is 33.8. The van der Waals surface area contributed by atoms with Crippen molar-refractivity contribution in [3.8, 4) is 0 Å². The molecule has 4 nitrogen and oxygen atoms in total. The Kier molecular flexibility index (Phi) is 17.0. The van der Waals surface area contributed by atoms with Gasteiger partial charge in [0.2, 0.25) is 0 Å². The second-order valence-corrected chi connectivity index (χ2v) is 14.3. The van der Waals surface area contributed by atoms with Gasteiger partial charge in [-0.15, -0.1) is 47.5 Å². The van der Waals surface area contributed by atoms with Crippen LogP contribution in [0.5, 0.6) is 0 Å². The summed E-state index contributed by atoms with van der Waals surface area (Å²) in [6, 6.07) is 7.67. The standard InChI is InChI=1S/C12H8F6N2.2C12H6F5N.F6P.Ir/c13-11(14,15)7-1-3-19-9(5-7)10-6-8(2-4-20-10)12(16,17)18;2*13-8-2-3-9(10(14)5-8)11-4-1-7(6-18-11)12(15,16)17;1-7(2,3,4,5)6;/h1-8H;2*2,4-6H,1H2;;/q3*-2;-1;. The molecule has 2 aromatic carbocycles. The van der Waals surface area contributed by atoms with Crippen LogP contribution >= 0.6 is 7.81 Å². The number of rotatable bonds is 3. The van der Waals surface area contributed by atoms with Gasteiger partial charge < -0.3 is 21.3 Å². The van der Waals surface area contributed by atoms with E-state index in [9.17, 15) is 95.4 Å². The predicted octanol–water partition coefficient (Wildman–Crippen LogP) is 17.0. The molecule has 1 radical (unpaired) electrons. The fourth-order valence-electron chi connectivity index (χ4n) is 4.59. The number of nitrogens with zero attached hydrogens (tertiary/aromatic N) is 4. The molecule has 6 rings (SSSR count). The maximum atomic E-state index is 13.4. The van der Waals surface area contributed by atoms with Crippen molar-refractivity contribution in [2.45, 2.75) is 37.5 Å². The van der Waals surface area contributed by atoms with E-state index >= 15 is 0 Å². The Morgan fingerprint density at radius 1 is 0.500 bits per heavy atom. The van der Waals surface area contributed by atoms with Crippen molar-refractivity contribution in [1.29, 1.82) is 0 Å². The van der Waals surface area contributed by atoms with Crippen molar-refractivity contribution in [2.24, 2.45) is 11.8 Å². The fourth-order valence-corrected chi connectivity index (χ4v) is 4.59. The van der Waals surface area contributed by atoms with Gasteiger partial charge in [0, 0.05) is 54.5 Å². The summed E-state index contributed by atoms with van der Waals surface area (Å²) in [7, 11) is -10.7. The minimum Gasteiger partial charge on any atom is -0.708 e. The first-order valence-electron chi connectivity index (χ1n) is 16.4. The van der Waals surface area contributed by atoms with Crippen molar-refractivity contribution in [3.63, 3.8) is 0 Å². The summed E-state index contributed by atoms with van der Waals surface area (Å²) < 4.78 is 260. The molecule has 2 unspecified atom stereocenters. The molecule has 64 heavy (non-hydrogen) atoms. The van der Waals surface area contributed by atoms with Crippen molar-refractivity contribution in [2.75, 3.05) is 0 Å². The largest absolute Gasteiger partial charge is 0.708 e. The molecule has 4 aliphatic rings. The fraction of sp³-hybridized carbons (Fsp3) is 0.222. The third-order valence-electron chi connectivity index (χ3n) is 7.41. The molecule has 28 heteroatoms. The molecule has 4 heterocycles. The molecule has 0 aliphatic carbocycles. The molecule has 0 fully saturated rings. The average Bonchev–Trinajstić information content (AvgIpc) is 3.13. The number of allylic oxidation sites excluding steroid dienone is 8. The van der Waals surface area contributed by atoms with Crippen LogP contribution in [0.25, 0.3) is 32.7 Å². The zero-order chi connectivity index (χ0) is 48.0. The quantitative estimate of drug-likeness (QED) is 0.167. The Morgan fingerprint density at radius 3 is 1.05 bits per heavy atom. The van der Waals surface area contributed by atoms with E-state index in [4.69, 9.17) is 0 Å². The number of hydrogen-bond donors (Lipinski definition) is 0. The Labute approximate surface area is 359 Å². The van der Waals surface area contributed by atoms with Crippen LogP contribution < -0.4 is 0 Å². The van der Waals surface area contributed by atoms with E-state index in [1.54, 1.807) is 0 Å². The van der Waals surface area contributed by atoms with Gasteiger partial charge in [0.05, 0.1) is 11.8 Å². The van der Waals surface area contributed by atoms with E-state index in [1.165, 1.54) is 0 Å². The van der Waals surface area contributed by atoms with E-state index in [0.717, 1.165) is 61.0 Å². The van der Waals surface area contributed by atoms with Crippen LogP contribution in [0.3, 0.4) is 0 Å². The van der Waals surface area contributed by atoms with Crippen LogP contribution in [0.4, 0.5) is 95.4 Å². The molecule has 0 amide bonds. The van der Waals surface area contributed by atoms with Gasteiger partial charge in [0.1, 0.15) is 0 Å². The molecular formula is C36H20F22IrN4P-7. The smallest absolute Gasteiger partial charge is 0.411 e. The Hall–Kier alpha value is -4.90. The van der Waals surface area contributed by atoms with Crippen LogP contribution in [0.2, 0.25) is 0 Å². The summed E-state index contributed by atoms with van der Waals surface area (Å²) in [4.78, 5) is 0. The second kappa shape index (κ2) is 19.7. The molecule has 0 N–H and O–H groups in total. The predicted molar refractivity (Wildman–Crippen MR) is 184 cm³/mol. The summed E-state index contributed by atoms with van der Waals surface area (Å²) in [5.74, 6) is -7.18. The minimum atomic E-state index is -10.7. The Morgan fingerprint density at radius 2 is 0.812 bits per heavy atom. The monoisotopic (exact) mass is 1150 g/mol. The molecule has 0 aromatic heterocycles. The summed E-state index contributed by atoms with van der Waals surface area (Å²) in [5.41, 5.74) is -2.31. The molecular weight excluding hydrogens is 1130 g/mol. The summed E-state index contributed by atoms with van der Waals surface area (Å²) in [6.07, 6.45) is -10.2. The molecule has 0 saturated carbocycles. The molecule has 0 saturated heterocycles. The maximum Gasteiger partial charge on any atom is 0.411 e. The van der Waals surface area contributed by atoms with Gasteiger partial charge in [-0.05, 0) is 12.8 Å². The van der Waals surface area contributed by atoms with Crippen molar-refractivity contribution >= 4 is 19.2 Å². The first-order valence-corrected chi connectivity index (χ1v) is 18.4. The SMILES string of the molecule is FC(F)(F)C1C=C[N-]C(C2=CC(C(F)(F)F)C=C[N-]2)=C1.F[P-](F)(F)(F)(F)F.Fc1c[c-]c(C2=CCC(C(F)(F)F)=C[N-]2)c(F)c1.Fc1c[c-]c(C2=CCC(C(F)(F)F)=C[N-]2)c(F)c1.[Ir]. The van der Waals surface area contributed by atoms with E-state index in [-0.39, 0.29) is 54.0 Å². The van der Waals surface area contributed by atoms with E-state index < -0.39 is 91.6 Å². The third kappa shape index (κ3) is 19.1. The minimum absolute atomic E-state index is 0. The van der Waals surface area contributed by atoms with Crippen molar-refractivity contribution in [3.05, 3.63) is 176 Å². The zero-order valence-electron chi connectivity index (χ0n) is 30.5. The van der Waals surface area contributed by atoms with E-state index in [2.05, 4.69) is 33.4 Å². The maximum absolute atomic E-state index is 13.4. The molecule has 2 aromatic rings. The number of hydrogen-bond acceptors (Lipinski definition) is 0. The molecule has 2 atom stereocenters. The first kappa shape index (κ1) is 55.2. The normalized spacial score (nSPS) is 19.7. The van der Waals surface area contributed by atoms with Crippen LogP contribution in [0, 0.1) is 47.2 Å². The summed E-state index contributed by atoms with van der Waals surface area (Å²) in [6.45, 7) is 0. The van der Waals surface area contributed by atoms with Crippen LogP contribution in [-0.2, 0) is 20.1 Å². The van der Waals surface area contributed by atoms with Gasteiger partial charge in [-0.3, -0.25) is 17.6 Å². The van der Waals surface area contributed by atoms with Crippen LogP contribution in [0.1, 0.15) is 24.0 Å². The Balaban J connectivity index is 0.000000305. The number of halogens is 22. The summed E-state index contributed by atoms with van der Waals surface area (Å²) >= 11 is 0. The van der Waals surface area contributed by atoms with Crippen molar-refractivity contribution in [1.82, 2.24) is 0 Å². The first-order chi connectivity index (χ1) is 28.4. The molecule has 4 aliphatic heterocycles. The molecule has 0 bridgehead atoms. The van der Waals surface area contributed by atoms with Gasteiger partial charge in [-0.25, -0.2) is 11.4 Å². The molecule has 0 spiro atoms. The number of benzene rings is 2. The van der Waals surface area contributed by atoms with E-state index in [1.807, 2.05) is 0 Å². The van der Waals surface area contributed by atoms with Gasteiger partial charge >= 0.3 is 57.7 Å². The van der Waals surface area contributed by atoms with Crippen molar-refractivity contribution < 1.29 is 116 Å². The van der Waals surface area contributed by atoms with Gasteiger partial charge in [0.15, 0.2) is 0 Å². The molecule has 359 valence electrons. The van der Waals surface area contributed by atoms with Gasteiger partial charge in [-0.2, -0.15) is 88.9 Å². The Bertz CT molecular complexity index is 2090. The average molecular weight is 1150 g/mol.